The number of thiazole rings is 1. The van der Waals surface area contributed by atoms with E-state index in [4.69, 9.17) is 0 Å². The summed E-state index contributed by atoms with van der Waals surface area (Å²) in [6.45, 7) is 16.0. The molecular formula is C17H31N3S. The van der Waals surface area contributed by atoms with E-state index in [1.165, 1.54) is 35.0 Å². The largest absolute Gasteiger partial charge is 0.314 e. The second-order valence-corrected chi connectivity index (χ2v) is 7.78. The Kier molecular flexibility index (Phi) is 5.81. The zero-order chi connectivity index (χ0) is 15.6. The number of aryl methyl sites for hydroxylation is 2. The van der Waals surface area contributed by atoms with Crippen molar-refractivity contribution in [2.45, 2.75) is 72.5 Å². The molecule has 1 aliphatic rings. The van der Waals surface area contributed by atoms with Crippen LogP contribution in [0, 0.1) is 19.8 Å². The lowest BCUT2D eigenvalue weighted by Crippen LogP contribution is -2.53. The van der Waals surface area contributed by atoms with E-state index in [9.17, 15) is 0 Å². The van der Waals surface area contributed by atoms with Crippen LogP contribution in [0.15, 0.2) is 0 Å². The summed E-state index contributed by atoms with van der Waals surface area (Å²) in [4.78, 5) is 8.73. The summed E-state index contributed by atoms with van der Waals surface area (Å²) >= 11 is 1.87. The van der Waals surface area contributed by atoms with Gasteiger partial charge in [-0.3, -0.25) is 4.90 Å². The van der Waals surface area contributed by atoms with E-state index in [1.54, 1.807) is 0 Å². The topological polar surface area (TPSA) is 28.2 Å². The van der Waals surface area contributed by atoms with Crippen molar-refractivity contribution in [3.05, 3.63) is 15.6 Å². The number of hydrogen-bond donors (Lipinski definition) is 1. The Morgan fingerprint density at radius 3 is 2.67 bits per heavy atom. The summed E-state index contributed by atoms with van der Waals surface area (Å²) < 4.78 is 0. The molecule has 0 bridgehead atoms. The zero-order valence-electron chi connectivity index (χ0n) is 14.4. The van der Waals surface area contributed by atoms with Crippen LogP contribution in [-0.4, -0.2) is 35.1 Å². The van der Waals surface area contributed by atoms with Gasteiger partial charge in [-0.25, -0.2) is 4.98 Å². The molecule has 120 valence electrons. The first-order chi connectivity index (χ1) is 9.95. The van der Waals surface area contributed by atoms with Gasteiger partial charge in [0.1, 0.15) is 0 Å². The highest BCUT2D eigenvalue weighted by atomic mass is 32.1. The smallest absolute Gasteiger partial charge is 0.0900 e. The van der Waals surface area contributed by atoms with Crippen LogP contribution < -0.4 is 5.32 Å². The fourth-order valence-corrected chi connectivity index (χ4v) is 4.64. The van der Waals surface area contributed by atoms with Crippen molar-refractivity contribution < 1.29 is 0 Å². The molecule has 0 spiro atoms. The fraction of sp³-hybridized carbons (Fsp3) is 0.824. The molecule has 4 atom stereocenters. The van der Waals surface area contributed by atoms with E-state index >= 15 is 0 Å². The van der Waals surface area contributed by atoms with Gasteiger partial charge in [-0.05, 0) is 53.0 Å². The summed E-state index contributed by atoms with van der Waals surface area (Å²) in [5, 5.41) is 4.92. The van der Waals surface area contributed by atoms with Crippen LogP contribution in [0.1, 0.15) is 62.2 Å². The predicted octanol–water partition coefficient (Wildman–Crippen LogP) is 3.92. The van der Waals surface area contributed by atoms with Gasteiger partial charge in [-0.15, -0.1) is 11.3 Å². The molecule has 1 saturated heterocycles. The number of nitrogens with zero attached hydrogens (tertiary/aromatic N) is 2. The normalized spacial score (nSPS) is 28.8. The standard InChI is InChI=1S/C17H31N3S/c1-7-9-18-16-8-10-20(13(4)11(16)2)14(5)17-12(3)19-15(6)21-17/h11,13-14,16,18H,7-10H2,1-6H3. The summed E-state index contributed by atoms with van der Waals surface area (Å²) in [6.07, 6.45) is 2.48. The lowest BCUT2D eigenvalue weighted by atomic mass is 9.86. The molecular weight excluding hydrogens is 278 g/mol. The van der Waals surface area contributed by atoms with Gasteiger partial charge in [0.05, 0.1) is 10.7 Å². The average Bonchev–Trinajstić information content (AvgIpc) is 2.79. The van der Waals surface area contributed by atoms with Gasteiger partial charge in [0.15, 0.2) is 0 Å². The Morgan fingerprint density at radius 1 is 1.38 bits per heavy atom. The lowest BCUT2D eigenvalue weighted by molar-refractivity contribution is 0.0534. The minimum absolute atomic E-state index is 0.487. The first kappa shape index (κ1) is 16.9. The predicted molar refractivity (Wildman–Crippen MR) is 92.0 cm³/mol. The highest BCUT2D eigenvalue weighted by molar-refractivity contribution is 7.11. The number of piperidine rings is 1. The first-order valence-electron chi connectivity index (χ1n) is 8.38. The summed E-state index contributed by atoms with van der Waals surface area (Å²) in [6, 6.07) is 1.78. The molecule has 3 nitrogen and oxygen atoms in total. The second kappa shape index (κ2) is 7.21. The minimum Gasteiger partial charge on any atom is -0.314 e. The van der Waals surface area contributed by atoms with Crippen LogP contribution in [0.25, 0.3) is 0 Å². The number of rotatable bonds is 5. The number of hydrogen-bond acceptors (Lipinski definition) is 4. The quantitative estimate of drug-likeness (QED) is 0.893. The molecule has 1 aromatic rings. The van der Waals surface area contributed by atoms with Crippen molar-refractivity contribution in [3.63, 3.8) is 0 Å². The average molecular weight is 310 g/mol. The zero-order valence-corrected chi connectivity index (χ0v) is 15.3. The molecule has 2 rings (SSSR count). The minimum atomic E-state index is 0.487. The molecule has 0 aromatic carbocycles. The van der Waals surface area contributed by atoms with Crippen molar-refractivity contribution in [2.24, 2.45) is 5.92 Å². The molecule has 2 heterocycles. The van der Waals surface area contributed by atoms with E-state index in [1.807, 2.05) is 11.3 Å². The number of likely N-dealkylation sites (tertiary alicyclic amines) is 1. The van der Waals surface area contributed by atoms with Crippen LogP contribution in [0.5, 0.6) is 0 Å². The fourth-order valence-electron chi connectivity index (χ4n) is 3.64. The van der Waals surface area contributed by atoms with Gasteiger partial charge in [0.2, 0.25) is 0 Å². The van der Waals surface area contributed by atoms with Crippen molar-refractivity contribution in [2.75, 3.05) is 13.1 Å². The first-order valence-corrected chi connectivity index (χ1v) is 9.20. The van der Waals surface area contributed by atoms with Gasteiger partial charge in [0, 0.05) is 29.5 Å². The van der Waals surface area contributed by atoms with Crippen molar-refractivity contribution in [1.82, 2.24) is 15.2 Å². The van der Waals surface area contributed by atoms with Crippen LogP contribution in [0.3, 0.4) is 0 Å². The Hall–Kier alpha value is -0.450. The van der Waals surface area contributed by atoms with Gasteiger partial charge < -0.3 is 5.32 Å². The Morgan fingerprint density at radius 2 is 2.10 bits per heavy atom. The van der Waals surface area contributed by atoms with Gasteiger partial charge in [0.25, 0.3) is 0 Å². The van der Waals surface area contributed by atoms with Crippen molar-refractivity contribution in [1.29, 1.82) is 0 Å². The number of nitrogens with one attached hydrogen (secondary N) is 1. The molecule has 1 fully saturated rings. The summed E-state index contributed by atoms with van der Waals surface area (Å²) in [5.74, 6) is 0.696. The molecule has 4 unspecified atom stereocenters. The molecule has 4 heteroatoms. The number of aromatic nitrogens is 1. The lowest BCUT2D eigenvalue weighted by Gasteiger charge is -2.45. The summed E-state index contributed by atoms with van der Waals surface area (Å²) in [5.41, 5.74) is 1.22. The van der Waals surface area contributed by atoms with Crippen LogP contribution >= 0.6 is 11.3 Å². The van der Waals surface area contributed by atoms with Gasteiger partial charge >= 0.3 is 0 Å². The molecule has 0 amide bonds. The van der Waals surface area contributed by atoms with Crippen molar-refractivity contribution >= 4 is 11.3 Å². The van der Waals surface area contributed by atoms with Crippen LogP contribution in [0.2, 0.25) is 0 Å². The van der Waals surface area contributed by atoms with Gasteiger partial charge in [-0.2, -0.15) is 0 Å². The molecule has 1 N–H and O–H groups in total. The van der Waals surface area contributed by atoms with E-state index in [0.29, 0.717) is 24.0 Å². The van der Waals surface area contributed by atoms with Crippen LogP contribution in [0.4, 0.5) is 0 Å². The van der Waals surface area contributed by atoms with Gasteiger partial charge in [-0.1, -0.05) is 13.8 Å². The third-order valence-electron chi connectivity index (χ3n) is 5.09. The van der Waals surface area contributed by atoms with E-state index in [-0.39, 0.29) is 0 Å². The third kappa shape index (κ3) is 3.66. The summed E-state index contributed by atoms with van der Waals surface area (Å²) in [7, 11) is 0. The monoisotopic (exact) mass is 309 g/mol. The molecule has 21 heavy (non-hydrogen) atoms. The maximum Gasteiger partial charge on any atom is 0.0900 e. The third-order valence-corrected chi connectivity index (χ3v) is 6.33. The Bertz CT molecular complexity index is 457. The molecule has 1 aliphatic heterocycles. The molecule has 1 aromatic heterocycles. The highest BCUT2D eigenvalue weighted by Crippen LogP contribution is 2.35. The Balaban J connectivity index is 2.06. The van der Waals surface area contributed by atoms with E-state index in [2.05, 4.69) is 56.7 Å². The van der Waals surface area contributed by atoms with E-state index < -0.39 is 0 Å². The molecule has 0 saturated carbocycles. The maximum atomic E-state index is 4.61. The Labute approximate surface area is 134 Å². The highest BCUT2D eigenvalue weighted by Gasteiger charge is 2.35. The van der Waals surface area contributed by atoms with E-state index in [0.717, 1.165) is 6.54 Å². The van der Waals surface area contributed by atoms with Crippen LogP contribution in [-0.2, 0) is 0 Å². The van der Waals surface area contributed by atoms with Crippen molar-refractivity contribution in [3.8, 4) is 0 Å². The molecule has 0 radical (unpaired) electrons. The maximum absolute atomic E-state index is 4.61. The SMILES string of the molecule is CCCNC1CCN(C(C)c2sc(C)nc2C)C(C)C1C. The second-order valence-electron chi connectivity index (χ2n) is 6.55. The molecule has 0 aliphatic carbocycles.